The highest BCUT2D eigenvalue weighted by molar-refractivity contribution is 8.01. The van der Waals surface area contributed by atoms with Gasteiger partial charge in [0.1, 0.15) is 16.8 Å². The van der Waals surface area contributed by atoms with Crippen LogP contribution in [0.5, 0.6) is 0 Å². The number of hydrogen-bond acceptors (Lipinski definition) is 5. The number of thioether (sulfide) groups is 1. The Morgan fingerprint density at radius 1 is 1.43 bits per heavy atom. The monoisotopic (exact) mass is 332 g/mol. The quantitative estimate of drug-likeness (QED) is 0.890. The van der Waals surface area contributed by atoms with Crippen LogP contribution in [0, 0.1) is 11.7 Å². The number of carboxylic acids is 1. The van der Waals surface area contributed by atoms with Crippen LogP contribution in [-0.2, 0) is 14.8 Å². The maximum Gasteiger partial charge on any atom is 0.322 e. The van der Waals surface area contributed by atoms with Crippen LogP contribution in [0.2, 0.25) is 0 Å². The lowest BCUT2D eigenvalue weighted by atomic mass is 10.3. The van der Waals surface area contributed by atoms with Crippen molar-refractivity contribution in [3.63, 3.8) is 0 Å². The molecule has 0 radical (unpaired) electrons. The first-order chi connectivity index (χ1) is 9.91. The number of pyridine rings is 1. The van der Waals surface area contributed by atoms with Gasteiger partial charge in [0.05, 0.1) is 11.6 Å². The number of nitrogens with zero attached hydrogens (tertiary/aromatic N) is 2. The fraction of sp³-hybridized carbons (Fsp3) is 0.500. The molecule has 0 bridgehead atoms. The largest absolute Gasteiger partial charge is 0.480 e. The fourth-order valence-corrected chi connectivity index (χ4v) is 6.16. The summed E-state index contributed by atoms with van der Waals surface area (Å²) in [4.78, 5) is 14.6. The highest BCUT2D eigenvalue weighted by Gasteiger charge is 2.51. The molecule has 1 aliphatic carbocycles. The Balaban J connectivity index is 2.02. The molecule has 1 saturated carbocycles. The second kappa shape index (κ2) is 5.22. The summed E-state index contributed by atoms with van der Waals surface area (Å²) >= 11 is 1.34. The Kier molecular flexibility index (Phi) is 3.66. The molecule has 6 nitrogen and oxygen atoms in total. The van der Waals surface area contributed by atoms with E-state index in [0.29, 0.717) is 0 Å². The van der Waals surface area contributed by atoms with Gasteiger partial charge in [0.15, 0.2) is 0 Å². The van der Waals surface area contributed by atoms with Gasteiger partial charge in [0.2, 0.25) is 10.0 Å². The van der Waals surface area contributed by atoms with Crippen molar-refractivity contribution in [3.05, 3.63) is 24.3 Å². The number of rotatable bonds is 4. The average molecular weight is 332 g/mol. The minimum Gasteiger partial charge on any atom is -0.480 e. The molecule has 0 spiro atoms. The zero-order valence-electron chi connectivity index (χ0n) is 10.8. The number of sulfonamides is 1. The molecule has 114 valence electrons. The van der Waals surface area contributed by atoms with Crippen molar-refractivity contribution in [3.8, 4) is 0 Å². The molecule has 2 fully saturated rings. The molecule has 1 N–H and O–H groups in total. The molecule has 2 aliphatic rings. The maximum atomic E-state index is 13.2. The summed E-state index contributed by atoms with van der Waals surface area (Å²) in [6.45, 7) is 0. The molecule has 0 amide bonds. The molecular weight excluding hydrogens is 319 g/mol. The van der Waals surface area contributed by atoms with Crippen LogP contribution in [0.4, 0.5) is 4.39 Å². The van der Waals surface area contributed by atoms with Gasteiger partial charge in [0.25, 0.3) is 0 Å². The normalized spacial score (nSPS) is 26.9. The molecule has 2 unspecified atom stereocenters. The molecule has 0 aromatic carbocycles. The van der Waals surface area contributed by atoms with Gasteiger partial charge < -0.3 is 5.11 Å². The first kappa shape index (κ1) is 14.7. The van der Waals surface area contributed by atoms with Crippen molar-refractivity contribution >= 4 is 27.8 Å². The van der Waals surface area contributed by atoms with Gasteiger partial charge >= 0.3 is 5.97 Å². The third kappa shape index (κ3) is 2.65. The minimum absolute atomic E-state index is 0.177. The number of carbonyl (C=O) groups is 1. The molecule has 1 saturated heterocycles. The van der Waals surface area contributed by atoms with E-state index in [4.69, 9.17) is 0 Å². The van der Waals surface area contributed by atoms with Gasteiger partial charge in [-0.2, -0.15) is 4.31 Å². The lowest BCUT2D eigenvalue weighted by molar-refractivity contribution is -0.140. The zero-order valence-corrected chi connectivity index (χ0v) is 12.5. The molecule has 2 atom stereocenters. The van der Waals surface area contributed by atoms with Gasteiger partial charge in [-0.1, -0.05) is 0 Å². The molecule has 21 heavy (non-hydrogen) atoms. The van der Waals surface area contributed by atoms with Crippen LogP contribution in [0.1, 0.15) is 12.8 Å². The van der Waals surface area contributed by atoms with Crippen molar-refractivity contribution in [1.82, 2.24) is 9.29 Å². The number of carboxylic acid groups (broad SMARTS) is 1. The third-order valence-electron chi connectivity index (χ3n) is 3.55. The van der Waals surface area contributed by atoms with Crippen molar-refractivity contribution in [2.45, 2.75) is 29.2 Å². The summed E-state index contributed by atoms with van der Waals surface area (Å²) in [5.41, 5.74) is 0. The first-order valence-electron chi connectivity index (χ1n) is 6.40. The van der Waals surface area contributed by atoms with Gasteiger partial charge in [-0.15, -0.1) is 11.8 Å². The van der Waals surface area contributed by atoms with E-state index in [9.17, 15) is 22.7 Å². The molecule has 2 heterocycles. The molecular formula is C12H13FN2O4S2. The van der Waals surface area contributed by atoms with Crippen molar-refractivity contribution in [2.75, 3.05) is 5.75 Å². The number of aromatic nitrogens is 1. The smallest absolute Gasteiger partial charge is 0.322 e. The van der Waals surface area contributed by atoms with E-state index in [-0.39, 0.29) is 21.9 Å². The SMILES string of the molecule is O=C(O)C1CSC(C2CC2)N1S(=O)(=O)c1cncc(F)c1. The number of aliphatic carboxylic acids is 1. The van der Waals surface area contributed by atoms with Crippen LogP contribution < -0.4 is 0 Å². The third-order valence-corrected chi connectivity index (χ3v) is 7.00. The second-order valence-corrected chi connectivity index (χ2v) is 8.08. The Hall–Kier alpha value is -1.19. The topological polar surface area (TPSA) is 87.6 Å². The van der Waals surface area contributed by atoms with Gasteiger partial charge in [-0.3, -0.25) is 9.78 Å². The Labute approximate surface area is 125 Å². The van der Waals surface area contributed by atoms with Crippen LogP contribution in [0.3, 0.4) is 0 Å². The Bertz CT molecular complexity index is 678. The van der Waals surface area contributed by atoms with Gasteiger partial charge in [-0.25, -0.2) is 12.8 Å². The molecule has 1 aliphatic heterocycles. The first-order valence-corrected chi connectivity index (χ1v) is 8.88. The van der Waals surface area contributed by atoms with E-state index < -0.39 is 27.9 Å². The predicted octanol–water partition coefficient (Wildman–Crippen LogP) is 1.15. The summed E-state index contributed by atoms with van der Waals surface area (Å²) in [6, 6.07) is -0.248. The highest BCUT2D eigenvalue weighted by Crippen LogP contribution is 2.47. The summed E-state index contributed by atoms with van der Waals surface area (Å²) in [6.07, 6.45) is 3.73. The predicted molar refractivity (Wildman–Crippen MR) is 73.6 cm³/mol. The lowest BCUT2D eigenvalue weighted by Gasteiger charge is -2.26. The molecule has 3 rings (SSSR count). The standard InChI is InChI=1S/C12H13FN2O4S2/c13-8-3-9(5-14-4-8)21(18,19)15-10(12(16)17)6-20-11(15)7-1-2-7/h3-5,7,10-11H,1-2,6H2,(H,16,17). The van der Waals surface area contributed by atoms with E-state index in [2.05, 4.69) is 4.98 Å². The summed E-state index contributed by atoms with van der Waals surface area (Å²) in [5.74, 6) is -1.56. The van der Waals surface area contributed by atoms with E-state index in [1.807, 2.05) is 0 Å². The van der Waals surface area contributed by atoms with Gasteiger partial charge in [0, 0.05) is 11.9 Å². The van der Waals surface area contributed by atoms with E-state index in [1.165, 1.54) is 11.8 Å². The van der Waals surface area contributed by atoms with Crippen LogP contribution in [-0.4, -0.2) is 46.0 Å². The van der Waals surface area contributed by atoms with Crippen molar-refractivity contribution < 1.29 is 22.7 Å². The van der Waals surface area contributed by atoms with Crippen molar-refractivity contribution in [2.24, 2.45) is 5.92 Å². The minimum atomic E-state index is -4.08. The molecule has 1 aromatic heterocycles. The average Bonchev–Trinajstić information content (AvgIpc) is 3.16. The van der Waals surface area contributed by atoms with Crippen LogP contribution in [0.15, 0.2) is 23.4 Å². The highest BCUT2D eigenvalue weighted by atomic mass is 32.2. The van der Waals surface area contributed by atoms with Crippen LogP contribution >= 0.6 is 11.8 Å². The lowest BCUT2D eigenvalue weighted by Crippen LogP contribution is -2.46. The van der Waals surface area contributed by atoms with E-state index >= 15 is 0 Å². The fourth-order valence-electron chi connectivity index (χ4n) is 2.38. The van der Waals surface area contributed by atoms with Crippen LogP contribution in [0.25, 0.3) is 0 Å². The zero-order chi connectivity index (χ0) is 15.2. The Morgan fingerprint density at radius 2 is 2.14 bits per heavy atom. The van der Waals surface area contributed by atoms with E-state index in [0.717, 1.165) is 35.6 Å². The van der Waals surface area contributed by atoms with E-state index in [1.54, 1.807) is 0 Å². The summed E-state index contributed by atoms with van der Waals surface area (Å²) < 4.78 is 39.6. The second-order valence-electron chi connectivity index (χ2n) is 5.09. The summed E-state index contributed by atoms with van der Waals surface area (Å²) in [7, 11) is -4.08. The molecule has 1 aromatic rings. The summed E-state index contributed by atoms with van der Waals surface area (Å²) in [5, 5.41) is 8.87. The Morgan fingerprint density at radius 3 is 2.71 bits per heavy atom. The molecule has 9 heteroatoms. The number of halogens is 1. The maximum absolute atomic E-state index is 13.2. The van der Waals surface area contributed by atoms with Gasteiger partial charge in [-0.05, 0) is 24.8 Å². The number of hydrogen-bond donors (Lipinski definition) is 1. The van der Waals surface area contributed by atoms with Crippen molar-refractivity contribution in [1.29, 1.82) is 0 Å².